The first-order valence-corrected chi connectivity index (χ1v) is 9.59. The molecule has 9 nitrogen and oxygen atoms in total. The van der Waals surface area contributed by atoms with E-state index in [1.54, 1.807) is 23.1 Å². The molecule has 164 valence electrons. The van der Waals surface area contributed by atoms with E-state index in [4.69, 9.17) is 9.47 Å². The van der Waals surface area contributed by atoms with E-state index in [-0.39, 0.29) is 23.7 Å². The number of ether oxygens (including phenoxy) is 2. The first-order valence-electron chi connectivity index (χ1n) is 9.59. The van der Waals surface area contributed by atoms with E-state index >= 15 is 0 Å². The molecule has 2 atom stereocenters. The Morgan fingerprint density at radius 3 is 2.62 bits per heavy atom. The summed E-state index contributed by atoms with van der Waals surface area (Å²) < 4.78 is 51.1. The second-order valence-corrected chi connectivity index (χ2v) is 7.21. The van der Waals surface area contributed by atoms with Crippen LogP contribution in [0.3, 0.4) is 0 Å². The number of alkyl halides is 3. The van der Waals surface area contributed by atoms with Crippen molar-refractivity contribution in [2.75, 3.05) is 14.2 Å². The Morgan fingerprint density at radius 1 is 1.03 bits per heavy atom. The second kappa shape index (κ2) is 7.39. The summed E-state index contributed by atoms with van der Waals surface area (Å²) in [5.74, 6) is -1.10. The first kappa shape index (κ1) is 20.1. The molecule has 0 amide bonds. The molecule has 1 fully saturated rings. The summed E-state index contributed by atoms with van der Waals surface area (Å²) >= 11 is 0. The molecular weight excluding hydrogens is 427 g/mol. The fourth-order valence-electron chi connectivity index (χ4n) is 3.71. The molecule has 0 unspecified atom stereocenters. The number of rotatable bonds is 5. The number of nitrogens with zero attached hydrogens (tertiary/aromatic N) is 7. The fourth-order valence-corrected chi connectivity index (χ4v) is 3.71. The molecule has 0 saturated heterocycles. The molecule has 0 aromatic carbocycles. The molecule has 0 N–H and O–H groups in total. The predicted molar refractivity (Wildman–Crippen MR) is 104 cm³/mol. The zero-order valence-electron chi connectivity index (χ0n) is 16.9. The lowest BCUT2D eigenvalue weighted by atomic mass is 10.1. The van der Waals surface area contributed by atoms with Gasteiger partial charge in [-0.05, 0) is 24.5 Å². The minimum atomic E-state index is -4.59. The topological polar surface area (TPSA) is 100 Å². The third-order valence-electron chi connectivity index (χ3n) is 5.27. The summed E-state index contributed by atoms with van der Waals surface area (Å²) in [5.41, 5.74) is 2.90. The average molecular weight is 443 g/mol. The summed E-state index contributed by atoms with van der Waals surface area (Å²) in [6.07, 6.45) is 2.04. The van der Waals surface area contributed by atoms with E-state index in [9.17, 15) is 13.2 Å². The van der Waals surface area contributed by atoms with Crippen molar-refractivity contribution in [2.45, 2.75) is 24.4 Å². The lowest BCUT2D eigenvalue weighted by molar-refractivity contribution is -0.145. The fraction of sp³-hybridized carbons (Fsp3) is 0.300. The van der Waals surface area contributed by atoms with Gasteiger partial charge in [0.1, 0.15) is 0 Å². The van der Waals surface area contributed by atoms with Gasteiger partial charge < -0.3 is 9.47 Å². The van der Waals surface area contributed by atoms with Crippen LogP contribution in [0, 0.1) is 0 Å². The normalized spacial score (nSPS) is 18.0. The smallest absolute Gasteiger partial charge is 0.451 e. The maximum Gasteiger partial charge on any atom is 0.451 e. The highest BCUT2D eigenvalue weighted by molar-refractivity contribution is 5.68. The lowest BCUT2D eigenvalue weighted by Gasteiger charge is -2.11. The van der Waals surface area contributed by atoms with Crippen molar-refractivity contribution in [1.29, 1.82) is 0 Å². The van der Waals surface area contributed by atoms with Crippen LogP contribution in [0.5, 0.6) is 11.9 Å². The third-order valence-corrected chi connectivity index (χ3v) is 5.27. The number of hydrogen-bond donors (Lipinski definition) is 0. The highest BCUT2D eigenvalue weighted by Gasteiger charge is 2.44. The standard InChI is InChI=1S/C20H16F3N7O2/c1-31-17-13(9-26-19(28-17)32-2)15-8-12(16-24-5-6-30(16)29-15)10-7-11(10)14-3-4-25-18(27-14)20(21,22)23/h3-6,8-11H,7H2,1-2H3/t10-,11-/m0/s1. The Kier molecular flexibility index (Phi) is 4.64. The molecule has 0 bridgehead atoms. The van der Waals surface area contributed by atoms with E-state index in [1.807, 2.05) is 6.07 Å². The van der Waals surface area contributed by atoms with Crippen LogP contribution in [0.25, 0.3) is 16.9 Å². The molecule has 32 heavy (non-hydrogen) atoms. The van der Waals surface area contributed by atoms with Crippen LogP contribution >= 0.6 is 0 Å². The zero-order valence-corrected chi connectivity index (χ0v) is 16.9. The van der Waals surface area contributed by atoms with Gasteiger partial charge in [0, 0.05) is 42.0 Å². The van der Waals surface area contributed by atoms with Gasteiger partial charge in [-0.1, -0.05) is 0 Å². The van der Waals surface area contributed by atoms with Crippen LogP contribution in [0.1, 0.15) is 35.3 Å². The number of hydrogen-bond acceptors (Lipinski definition) is 8. The Balaban J connectivity index is 1.55. The number of halogens is 3. The van der Waals surface area contributed by atoms with Gasteiger partial charge in [0.15, 0.2) is 5.65 Å². The summed E-state index contributed by atoms with van der Waals surface area (Å²) in [4.78, 5) is 19.8. The number of methoxy groups -OCH3 is 2. The van der Waals surface area contributed by atoms with Crippen LogP contribution in [0.2, 0.25) is 0 Å². The van der Waals surface area contributed by atoms with Gasteiger partial charge >= 0.3 is 12.2 Å². The van der Waals surface area contributed by atoms with Crippen LogP contribution in [-0.4, -0.2) is 48.8 Å². The molecule has 4 aromatic heterocycles. The molecule has 1 aliphatic carbocycles. The zero-order chi connectivity index (χ0) is 22.5. The predicted octanol–water partition coefficient (Wildman–Crippen LogP) is 3.28. The van der Waals surface area contributed by atoms with Crippen molar-refractivity contribution >= 4 is 5.65 Å². The third kappa shape index (κ3) is 3.47. The van der Waals surface area contributed by atoms with E-state index in [0.717, 1.165) is 11.8 Å². The molecular formula is C20H16F3N7O2. The molecule has 12 heteroatoms. The van der Waals surface area contributed by atoms with Crippen LogP contribution in [-0.2, 0) is 6.18 Å². The van der Waals surface area contributed by atoms with Crippen molar-refractivity contribution in [2.24, 2.45) is 0 Å². The van der Waals surface area contributed by atoms with Crippen molar-refractivity contribution < 1.29 is 22.6 Å². The molecule has 1 saturated carbocycles. The largest absolute Gasteiger partial charge is 0.480 e. The Bertz CT molecular complexity index is 1310. The molecule has 0 aliphatic heterocycles. The van der Waals surface area contributed by atoms with E-state index < -0.39 is 12.0 Å². The van der Waals surface area contributed by atoms with Crippen molar-refractivity contribution in [3.63, 3.8) is 0 Å². The van der Waals surface area contributed by atoms with Gasteiger partial charge in [0.05, 0.1) is 25.5 Å². The van der Waals surface area contributed by atoms with Gasteiger partial charge in [0.2, 0.25) is 11.7 Å². The van der Waals surface area contributed by atoms with Gasteiger partial charge in [-0.25, -0.2) is 24.5 Å². The Labute approximate surface area is 179 Å². The van der Waals surface area contributed by atoms with E-state index in [1.165, 1.54) is 20.3 Å². The van der Waals surface area contributed by atoms with Crippen LogP contribution in [0.4, 0.5) is 13.2 Å². The monoisotopic (exact) mass is 443 g/mol. The molecule has 4 heterocycles. The Morgan fingerprint density at radius 2 is 1.88 bits per heavy atom. The van der Waals surface area contributed by atoms with Crippen LogP contribution < -0.4 is 9.47 Å². The van der Waals surface area contributed by atoms with E-state index in [2.05, 4.69) is 30.0 Å². The average Bonchev–Trinajstić information content (AvgIpc) is 3.45. The molecule has 0 radical (unpaired) electrons. The molecule has 5 rings (SSSR count). The number of fused-ring (bicyclic) bond motifs is 1. The molecule has 1 aliphatic rings. The molecule has 0 spiro atoms. The summed E-state index contributed by atoms with van der Waals surface area (Å²) in [6.45, 7) is 0. The maximum atomic E-state index is 13.0. The molecule has 4 aromatic rings. The van der Waals surface area contributed by atoms with Crippen molar-refractivity contribution in [1.82, 2.24) is 34.5 Å². The highest BCUT2D eigenvalue weighted by atomic mass is 19.4. The van der Waals surface area contributed by atoms with E-state index in [0.29, 0.717) is 29.0 Å². The summed E-state index contributed by atoms with van der Waals surface area (Å²) in [6, 6.07) is 3.51. The quantitative estimate of drug-likeness (QED) is 0.463. The van der Waals surface area contributed by atoms with Crippen molar-refractivity contribution in [3.05, 3.63) is 54.0 Å². The SMILES string of the molecule is COc1ncc(-c2cc([C@H]3C[C@@H]3c3ccnc(C(F)(F)F)n3)c3nccn3n2)c(OC)n1. The first-order chi connectivity index (χ1) is 15.4. The van der Waals surface area contributed by atoms with Gasteiger partial charge in [-0.2, -0.15) is 23.3 Å². The highest BCUT2D eigenvalue weighted by Crippen LogP contribution is 2.55. The maximum absolute atomic E-state index is 13.0. The lowest BCUT2D eigenvalue weighted by Crippen LogP contribution is -2.11. The summed E-state index contributed by atoms with van der Waals surface area (Å²) in [5, 5.41) is 4.56. The Hall–Kier alpha value is -3.83. The minimum absolute atomic E-state index is 0.0669. The van der Waals surface area contributed by atoms with Crippen molar-refractivity contribution in [3.8, 4) is 23.1 Å². The van der Waals surface area contributed by atoms with Gasteiger partial charge in [-0.15, -0.1) is 0 Å². The second-order valence-electron chi connectivity index (χ2n) is 7.21. The minimum Gasteiger partial charge on any atom is -0.480 e. The van der Waals surface area contributed by atoms with Gasteiger partial charge in [0.25, 0.3) is 0 Å². The number of aromatic nitrogens is 7. The van der Waals surface area contributed by atoms with Crippen LogP contribution in [0.15, 0.2) is 36.9 Å². The summed E-state index contributed by atoms with van der Waals surface area (Å²) in [7, 11) is 2.93. The number of imidazole rings is 1. The van der Waals surface area contributed by atoms with Gasteiger partial charge in [-0.3, -0.25) is 0 Å².